The molecular formula is C20H31NO4. The molecule has 1 rings (SSSR count). The minimum atomic E-state index is -1.45. The summed E-state index contributed by atoms with van der Waals surface area (Å²) in [6.45, 7) is 4.10. The summed E-state index contributed by atoms with van der Waals surface area (Å²) in [6.07, 6.45) is 6.94. The van der Waals surface area contributed by atoms with Gasteiger partial charge in [0.05, 0.1) is 0 Å². The van der Waals surface area contributed by atoms with Crippen molar-refractivity contribution in [1.29, 1.82) is 0 Å². The Balaban J connectivity index is 3.15. The molecule has 5 nitrogen and oxygen atoms in total. The lowest BCUT2D eigenvalue weighted by atomic mass is 9.69. The van der Waals surface area contributed by atoms with Gasteiger partial charge in [0.2, 0.25) is 6.04 Å². The summed E-state index contributed by atoms with van der Waals surface area (Å²) in [6, 6.07) is 7.67. The Morgan fingerprint density at radius 2 is 1.68 bits per heavy atom. The molecule has 0 spiro atoms. The Bertz CT molecular complexity index is 532. The molecule has 25 heavy (non-hydrogen) atoms. The van der Waals surface area contributed by atoms with Crippen molar-refractivity contribution in [2.24, 2.45) is 0 Å². The highest BCUT2D eigenvalue weighted by molar-refractivity contribution is 5.82. The second-order valence-electron chi connectivity index (χ2n) is 6.75. The van der Waals surface area contributed by atoms with Gasteiger partial charge in [-0.2, -0.15) is 0 Å². The van der Waals surface area contributed by atoms with E-state index < -0.39 is 17.4 Å². The Morgan fingerprint density at radius 3 is 2.20 bits per heavy atom. The summed E-state index contributed by atoms with van der Waals surface area (Å²) >= 11 is 0. The Hall–Kier alpha value is -1.91. The van der Waals surface area contributed by atoms with E-state index in [1.165, 1.54) is 0 Å². The average Bonchev–Trinajstić information content (AvgIpc) is 2.60. The van der Waals surface area contributed by atoms with Gasteiger partial charge in [-0.1, -0.05) is 82.7 Å². The van der Waals surface area contributed by atoms with Crippen molar-refractivity contribution >= 4 is 5.97 Å². The molecule has 140 valence electrons. The first-order valence-electron chi connectivity index (χ1n) is 9.43. The van der Waals surface area contributed by atoms with Gasteiger partial charge in [-0.3, -0.25) is 14.9 Å². The highest BCUT2D eigenvalue weighted by atomic mass is 16.6. The summed E-state index contributed by atoms with van der Waals surface area (Å²) in [5.74, 6) is -1.08. The lowest BCUT2D eigenvalue weighted by Crippen LogP contribution is -2.50. The number of hydrogen-bond acceptors (Lipinski definition) is 3. The van der Waals surface area contributed by atoms with Crippen molar-refractivity contribution in [3.63, 3.8) is 0 Å². The third kappa shape index (κ3) is 5.55. The number of hydrogen-bond donors (Lipinski definition) is 1. The quantitative estimate of drug-likeness (QED) is 0.301. The maximum absolute atomic E-state index is 12.3. The van der Waals surface area contributed by atoms with E-state index in [4.69, 9.17) is 0 Å². The molecule has 5 heteroatoms. The minimum Gasteiger partial charge on any atom is -0.480 e. The van der Waals surface area contributed by atoms with Crippen molar-refractivity contribution in [1.82, 2.24) is 0 Å². The standard InChI is InChI=1S/C20H31NO4/c1-3-5-7-8-12-15-18(21(24)25)20(19(22)23,16-6-4-2)17-13-10-9-11-14-17/h9-11,13-14,18H,3-8,12,15-16H2,1-2H3,(H,22,23). The largest absolute Gasteiger partial charge is 0.480 e. The van der Waals surface area contributed by atoms with Gasteiger partial charge in [-0.25, -0.2) is 0 Å². The molecular weight excluding hydrogens is 318 g/mol. The minimum absolute atomic E-state index is 0.295. The molecule has 1 N–H and O–H groups in total. The fraction of sp³-hybridized carbons (Fsp3) is 0.650. The molecule has 0 bridgehead atoms. The van der Waals surface area contributed by atoms with Crippen LogP contribution in [0.15, 0.2) is 30.3 Å². The maximum Gasteiger partial charge on any atom is 0.321 e. The fourth-order valence-electron chi connectivity index (χ4n) is 3.54. The number of unbranched alkanes of at least 4 members (excludes halogenated alkanes) is 5. The van der Waals surface area contributed by atoms with E-state index >= 15 is 0 Å². The van der Waals surface area contributed by atoms with Crippen LogP contribution >= 0.6 is 0 Å². The van der Waals surface area contributed by atoms with Crippen molar-refractivity contribution in [2.75, 3.05) is 0 Å². The van der Waals surface area contributed by atoms with Gasteiger partial charge in [0, 0.05) is 11.3 Å². The molecule has 2 atom stereocenters. The van der Waals surface area contributed by atoms with Crippen molar-refractivity contribution < 1.29 is 14.8 Å². The molecule has 0 radical (unpaired) electrons. The monoisotopic (exact) mass is 349 g/mol. The molecule has 0 saturated carbocycles. The van der Waals surface area contributed by atoms with Crippen LogP contribution in [0.25, 0.3) is 0 Å². The van der Waals surface area contributed by atoms with Crippen LogP contribution in [0.3, 0.4) is 0 Å². The first kappa shape index (κ1) is 21.1. The van der Waals surface area contributed by atoms with E-state index in [0.29, 0.717) is 31.2 Å². The van der Waals surface area contributed by atoms with Crippen molar-refractivity contribution in [3.05, 3.63) is 46.0 Å². The summed E-state index contributed by atoms with van der Waals surface area (Å²) in [4.78, 5) is 23.8. The van der Waals surface area contributed by atoms with E-state index in [2.05, 4.69) is 6.92 Å². The molecule has 0 aliphatic carbocycles. The van der Waals surface area contributed by atoms with Gasteiger partial charge < -0.3 is 5.11 Å². The summed E-state index contributed by atoms with van der Waals surface area (Å²) < 4.78 is 0. The SMILES string of the molecule is CCCCCCCC([N+](=O)[O-])C(CCCC)(C(=O)O)c1ccccc1. The number of carboxylic acids is 1. The highest BCUT2D eigenvalue weighted by Gasteiger charge is 2.53. The van der Waals surface area contributed by atoms with Crippen LogP contribution in [0.2, 0.25) is 0 Å². The zero-order valence-corrected chi connectivity index (χ0v) is 15.4. The number of carbonyl (C=O) groups is 1. The lowest BCUT2D eigenvalue weighted by Gasteiger charge is -2.32. The topological polar surface area (TPSA) is 80.4 Å². The van der Waals surface area contributed by atoms with Gasteiger partial charge in [0.25, 0.3) is 0 Å². The molecule has 0 aromatic heterocycles. The highest BCUT2D eigenvalue weighted by Crippen LogP contribution is 2.38. The second-order valence-corrected chi connectivity index (χ2v) is 6.75. The summed E-state index contributed by atoms with van der Waals surface area (Å²) in [5, 5.41) is 21.9. The van der Waals surface area contributed by atoms with E-state index in [1.807, 2.05) is 13.0 Å². The van der Waals surface area contributed by atoms with E-state index in [0.717, 1.165) is 32.1 Å². The van der Waals surface area contributed by atoms with Crippen LogP contribution in [0.4, 0.5) is 0 Å². The van der Waals surface area contributed by atoms with Crippen LogP contribution in [-0.4, -0.2) is 22.0 Å². The number of nitro groups is 1. The van der Waals surface area contributed by atoms with Crippen LogP contribution in [0.1, 0.15) is 77.2 Å². The van der Waals surface area contributed by atoms with Crippen LogP contribution in [0.5, 0.6) is 0 Å². The third-order valence-corrected chi connectivity index (χ3v) is 5.00. The van der Waals surface area contributed by atoms with Gasteiger partial charge in [0.1, 0.15) is 0 Å². The summed E-state index contributed by atoms with van der Waals surface area (Å²) in [5.41, 5.74) is -0.905. The second kappa shape index (κ2) is 10.9. The van der Waals surface area contributed by atoms with E-state index in [-0.39, 0.29) is 4.92 Å². The average molecular weight is 349 g/mol. The number of aliphatic carboxylic acids is 1. The number of rotatable bonds is 13. The molecule has 1 aromatic rings. The molecule has 0 fully saturated rings. The van der Waals surface area contributed by atoms with Gasteiger partial charge in [-0.05, 0) is 18.4 Å². The predicted octanol–water partition coefficient (Wildman–Crippen LogP) is 5.21. The van der Waals surface area contributed by atoms with Crippen molar-refractivity contribution in [2.45, 2.75) is 83.1 Å². The fourth-order valence-corrected chi connectivity index (χ4v) is 3.54. The first-order chi connectivity index (χ1) is 12.0. The number of nitrogens with zero attached hydrogens (tertiary/aromatic N) is 1. The molecule has 1 aromatic carbocycles. The normalized spacial score (nSPS) is 14.6. The van der Waals surface area contributed by atoms with Gasteiger partial charge in [0.15, 0.2) is 5.41 Å². The van der Waals surface area contributed by atoms with Crippen LogP contribution in [0, 0.1) is 10.1 Å². The smallest absolute Gasteiger partial charge is 0.321 e. The van der Waals surface area contributed by atoms with Crippen molar-refractivity contribution in [3.8, 4) is 0 Å². The predicted molar refractivity (Wildman–Crippen MR) is 99.4 cm³/mol. The zero-order chi connectivity index (χ0) is 18.7. The van der Waals surface area contributed by atoms with Crippen LogP contribution < -0.4 is 0 Å². The third-order valence-electron chi connectivity index (χ3n) is 5.00. The molecule has 0 saturated heterocycles. The first-order valence-corrected chi connectivity index (χ1v) is 9.43. The molecule has 0 aliphatic heterocycles. The molecule has 0 aliphatic rings. The van der Waals surface area contributed by atoms with E-state index in [9.17, 15) is 20.0 Å². The van der Waals surface area contributed by atoms with Crippen LogP contribution in [-0.2, 0) is 10.2 Å². The zero-order valence-electron chi connectivity index (χ0n) is 15.4. The van der Waals surface area contributed by atoms with E-state index in [1.54, 1.807) is 24.3 Å². The lowest BCUT2D eigenvalue weighted by molar-refractivity contribution is -0.534. The molecule has 0 amide bonds. The maximum atomic E-state index is 12.3. The molecule has 2 unspecified atom stereocenters. The Labute approximate surface area is 150 Å². The number of benzene rings is 1. The van der Waals surface area contributed by atoms with Gasteiger partial charge >= 0.3 is 5.97 Å². The number of carboxylic acid groups (broad SMARTS) is 1. The molecule has 0 heterocycles. The Kier molecular flexibility index (Phi) is 9.17. The summed E-state index contributed by atoms with van der Waals surface area (Å²) in [7, 11) is 0. The van der Waals surface area contributed by atoms with Gasteiger partial charge in [-0.15, -0.1) is 0 Å². The Morgan fingerprint density at radius 1 is 1.08 bits per heavy atom.